The molecular formula is C8H16N2O4. The lowest BCUT2D eigenvalue weighted by Gasteiger charge is -2.14. The number of nitrogens with zero attached hydrogens (tertiary/aromatic N) is 1. The van der Waals surface area contributed by atoms with Crippen molar-refractivity contribution in [1.29, 1.82) is 0 Å². The first-order chi connectivity index (χ1) is 6.57. The molecule has 0 heterocycles. The molecule has 0 aliphatic rings. The fourth-order valence-electron chi connectivity index (χ4n) is 0.901. The van der Waals surface area contributed by atoms with Crippen LogP contribution in [0.5, 0.6) is 0 Å². The van der Waals surface area contributed by atoms with Crippen molar-refractivity contribution < 1.29 is 25.6 Å². The summed E-state index contributed by atoms with van der Waals surface area (Å²) >= 11 is 0. The number of hydrogen-bond donors (Lipinski definition) is 2. The van der Waals surface area contributed by atoms with Gasteiger partial charge in [-0.15, -0.1) is 0 Å². The van der Waals surface area contributed by atoms with E-state index >= 15 is 0 Å². The van der Waals surface area contributed by atoms with E-state index in [0.29, 0.717) is 11.5 Å². The Morgan fingerprint density at radius 1 is 1.29 bits per heavy atom. The smallest absolute Gasteiger partial charge is 0.246 e. The van der Waals surface area contributed by atoms with Gasteiger partial charge in [0.1, 0.15) is 0 Å². The second-order valence-electron chi connectivity index (χ2n) is 2.95. The van der Waals surface area contributed by atoms with Gasteiger partial charge in [0, 0.05) is 18.9 Å². The maximum absolute atomic E-state index is 11.0. The number of carbonyl (C=O) groups is 2. The van der Waals surface area contributed by atoms with Gasteiger partial charge >= 0.3 is 0 Å². The predicted molar refractivity (Wildman–Crippen MR) is 44.7 cm³/mol. The Morgan fingerprint density at radius 3 is 2.43 bits per heavy atom. The van der Waals surface area contributed by atoms with Crippen molar-refractivity contribution >= 4 is 11.9 Å². The summed E-state index contributed by atoms with van der Waals surface area (Å²) in [6.45, 7) is 0.975. The van der Waals surface area contributed by atoms with Crippen LogP contribution in [-0.4, -0.2) is 35.2 Å². The average Bonchev–Trinajstić information content (AvgIpc) is 2.14. The first-order valence-corrected chi connectivity index (χ1v) is 4.56. The Kier molecular flexibility index (Phi) is 6.69. The van der Waals surface area contributed by atoms with Crippen molar-refractivity contribution in [2.24, 2.45) is 0 Å². The number of aliphatic carboxylic acids is 1. The van der Waals surface area contributed by atoms with Gasteiger partial charge in [-0.05, 0) is 19.3 Å². The Morgan fingerprint density at radius 2 is 1.93 bits per heavy atom. The Balaban J connectivity index is 3.59. The lowest BCUT2D eigenvalue weighted by molar-refractivity contribution is -0.368. The van der Waals surface area contributed by atoms with E-state index in [1.165, 1.54) is 0 Å². The van der Waals surface area contributed by atoms with Crippen LogP contribution in [0.2, 0.25) is 0 Å². The molecule has 6 heteroatoms. The number of carbonyl (C=O) groups excluding carboxylic acids is 2. The van der Waals surface area contributed by atoms with Crippen LogP contribution in [0.15, 0.2) is 0 Å². The van der Waals surface area contributed by atoms with Crippen LogP contribution in [-0.2, 0) is 9.59 Å². The Hall–Kier alpha value is -1.14. The molecule has 82 valence electrons. The van der Waals surface area contributed by atoms with E-state index in [0.717, 1.165) is 13.0 Å². The van der Waals surface area contributed by atoms with Crippen molar-refractivity contribution in [1.82, 2.24) is 5.06 Å². The van der Waals surface area contributed by atoms with E-state index in [1.807, 2.05) is 0 Å². The maximum Gasteiger partial charge on any atom is 0.246 e. The van der Waals surface area contributed by atoms with Crippen molar-refractivity contribution in [2.75, 3.05) is 13.1 Å². The minimum Gasteiger partial charge on any atom is -0.550 e. The van der Waals surface area contributed by atoms with Gasteiger partial charge in [0.2, 0.25) is 5.91 Å². The van der Waals surface area contributed by atoms with Crippen LogP contribution in [0.25, 0.3) is 0 Å². The highest BCUT2D eigenvalue weighted by molar-refractivity contribution is 5.79. The second-order valence-corrected chi connectivity index (χ2v) is 2.95. The van der Waals surface area contributed by atoms with Crippen LogP contribution in [0.3, 0.4) is 0 Å². The van der Waals surface area contributed by atoms with Gasteiger partial charge in [-0.3, -0.25) is 10.0 Å². The van der Waals surface area contributed by atoms with E-state index in [9.17, 15) is 14.7 Å². The molecule has 0 atom stereocenters. The van der Waals surface area contributed by atoms with Gasteiger partial charge in [0.15, 0.2) is 0 Å². The van der Waals surface area contributed by atoms with Crippen molar-refractivity contribution in [3.8, 4) is 0 Å². The van der Waals surface area contributed by atoms with Crippen molar-refractivity contribution in [2.45, 2.75) is 25.7 Å². The summed E-state index contributed by atoms with van der Waals surface area (Å²) in [5, 5.41) is 19.7. The molecule has 4 N–H and O–H groups in total. The van der Waals surface area contributed by atoms with Gasteiger partial charge in [0.05, 0.1) is 6.54 Å². The van der Waals surface area contributed by atoms with Crippen LogP contribution >= 0.6 is 0 Å². The predicted octanol–water partition coefficient (Wildman–Crippen LogP) is -2.24. The van der Waals surface area contributed by atoms with E-state index < -0.39 is 11.9 Å². The first kappa shape index (κ1) is 12.9. The highest BCUT2D eigenvalue weighted by Crippen LogP contribution is 1.97. The number of hydroxylamine groups is 2. The van der Waals surface area contributed by atoms with Gasteiger partial charge in [-0.2, -0.15) is 0 Å². The first-order valence-electron chi connectivity index (χ1n) is 4.56. The number of amides is 1. The lowest BCUT2D eigenvalue weighted by Crippen LogP contribution is -2.50. The zero-order valence-electron chi connectivity index (χ0n) is 8.07. The summed E-state index contributed by atoms with van der Waals surface area (Å²) in [7, 11) is 0. The fraction of sp³-hybridized carbons (Fsp3) is 0.750. The van der Waals surface area contributed by atoms with Crippen LogP contribution in [0, 0.1) is 0 Å². The van der Waals surface area contributed by atoms with Crippen LogP contribution in [0.1, 0.15) is 25.7 Å². The van der Waals surface area contributed by atoms with Crippen molar-refractivity contribution in [3.63, 3.8) is 0 Å². The summed E-state index contributed by atoms with van der Waals surface area (Å²) in [5.74, 6) is -1.87. The van der Waals surface area contributed by atoms with E-state index in [4.69, 9.17) is 5.21 Å². The molecule has 0 aromatic rings. The SMILES string of the molecule is [NH3+]CCCCN(O)C(=O)CCC(=O)[O-]. The van der Waals surface area contributed by atoms with Gasteiger partial charge in [-0.1, -0.05) is 0 Å². The molecule has 0 aliphatic heterocycles. The number of rotatable bonds is 7. The Labute approximate surface area is 82.3 Å². The molecule has 0 unspecified atom stereocenters. The fourth-order valence-corrected chi connectivity index (χ4v) is 0.901. The molecule has 0 rings (SSSR count). The molecule has 14 heavy (non-hydrogen) atoms. The van der Waals surface area contributed by atoms with Gasteiger partial charge in [-0.25, -0.2) is 5.06 Å². The Bertz CT molecular complexity index is 196. The summed E-state index contributed by atoms with van der Waals surface area (Å²) in [5.41, 5.74) is 3.62. The standard InChI is InChI=1S/C8H16N2O4/c9-5-1-2-6-10(14)7(11)3-4-8(12)13/h14H,1-6,9H2,(H,12,13). The number of unbranched alkanes of at least 4 members (excludes halogenated alkanes) is 1. The molecule has 0 saturated heterocycles. The topological polar surface area (TPSA) is 108 Å². The zero-order valence-corrected chi connectivity index (χ0v) is 8.07. The monoisotopic (exact) mass is 204 g/mol. The quantitative estimate of drug-likeness (QED) is 0.277. The zero-order chi connectivity index (χ0) is 11.0. The molecule has 0 saturated carbocycles. The number of carboxylic acid groups (broad SMARTS) is 1. The van der Waals surface area contributed by atoms with Gasteiger partial charge in [0.25, 0.3) is 0 Å². The third kappa shape index (κ3) is 6.38. The largest absolute Gasteiger partial charge is 0.550 e. The van der Waals surface area contributed by atoms with Gasteiger partial charge < -0.3 is 15.6 Å². The van der Waals surface area contributed by atoms with E-state index in [1.54, 1.807) is 0 Å². The summed E-state index contributed by atoms with van der Waals surface area (Å²) in [6, 6.07) is 0. The minimum absolute atomic E-state index is 0.219. The highest BCUT2D eigenvalue weighted by atomic mass is 16.5. The third-order valence-electron chi connectivity index (χ3n) is 1.70. The maximum atomic E-state index is 11.0. The molecule has 0 radical (unpaired) electrons. The normalized spacial score (nSPS) is 9.86. The van der Waals surface area contributed by atoms with Crippen molar-refractivity contribution in [3.05, 3.63) is 0 Å². The summed E-state index contributed by atoms with van der Waals surface area (Å²) < 4.78 is 0. The summed E-state index contributed by atoms with van der Waals surface area (Å²) in [4.78, 5) is 21.0. The number of quaternary nitrogens is 1. The third-order valence-corrected chi connectivity index (χ3v) is 1.70. The van der Waals surface area contributed by atoms with E-state index in [-0.39, 0.29) is 19.4 Å². The molecule has 0 aliphatic carbocycles. The highest BCUT2D eigenvalue weighted by Gasteiger charge is 2.09. The lowest BCUT2D eigenvalue weighted by atomic mass is 10.2. The molecule has 0 aromatic heterocycles. The molecular weight excluding hydrogens is 188 g/mol. The molecule has 0 bridgehead atoms. The minimum atomic E-state index is -1.29. The molecule has 0 fully saturated rings. The van der Waals surface area contributed by atoms with E-state index in [2.05, 4.69) is 5.73 Å². The number of carboxylic acids is 1. The van der Waals surface area contributed by atoms with Crippen LogP contribution < -0.4 is 10.8 Å². The second kappa shape index (κ2) is 7.28. The molecule has 6 nitrogen and oxygen atoms in total. The molecule has 0 spiro atoms. The molecule has 1 amide bonds. The molecule has 0 aromatic carbocycles. The number of hydrogen-bond acceptors (Lipinski definition) is 4. The van der Waals surface area contributed by atoms with Crippen LogP contribution in [0.4, 0.5) is 0 Å². The average molecular weight is 204 g/mol. The summed E-state index contributed by atoms with van der Waals surface area (Å²) in [6.07, 6.45) is 0.913.